The molecule has 1 aromatic rings. The van der Waals surface area contributed by atoms with Crippen LogP contribution in [0.4, 0.5) is 4.39 Å². The lowest BCUT2D eigenvalue weighted by molar-refractivity contribution is 0.0800. The van der Waals surface area contributed by atoms with Gasteiger partial charge in [-0.3, -0.25) is 4.79 Å². The lowest BCUT2D eigenvalue weighted by Gasteiger charge is -2.17. The SMILES string of the molecule is CSCCN(C)C(=O)c1ccc(F)cc1O. The maximum atomic E-state index is 12.7. The van der Waals surface area contributed by atoms with Gasteiger partial charge in [0.1, 0.15) is 11.6 Å². The molecule has 88 valence electrons. The first kappa shape index (κ1) is 12.8. The topological polar surface area (TPSA) is 40.5 Å². The van der Waals surface area contributed by atoms with Crippen LogP contribution in [0.25, 0.3) is 0 Å². The number of carbonyl (C=O) groups is 1. The number of thioether (sulfide) groups is 1. The molecule has 0 aliphatic rings. The molecule has 1 aromatic carbocycles. The van der Waals surface area contributed by atoms with Gasteiger partial charge in [-0.2, -0.15) is 11.8 Å². The lowest BCUT2D eigenvalue weighted by atomic mass is 10.1. The minimum absolute atomic E-state index is 0.130. The molecule has 0 aliphatic heterocycles. The van der Waals surface area contributed by atoms with Crippen LogP contribution in [0.3, 0.4) is 0 Å². The van der Waals surface area contributed by atoms with E-state index in [1.807, 2.05) is 6.26 Å². The van der Waals surface area contributed by atoms with Gasteiger partial charge in [-0.25, -0.2) is 4.39 Å². The predicted molar refractivity (Wildman–Crippen MR) is 63.4 cm³/mol. The molecule has 16 heavy (non-hydrogen) atoms. The summed E-state index contributed by atoms with van der Waals surface area (Å²) in [5.41, 5.74) is 0.130. The van der Waals surface area contributed by atoms with Gasteiger partial charge in [-0.05, 0) is 18.4 Å². The van der Waals surface area contributed by atoms with Gasteiger partial charge in [0, 0.05) is 25.4 Å². The molecule has 0 atom stereocenters. The number of carbonyl (C=O) groups excluding carboxylic acids is 1. The van der Waals surface area contributed by atoms with Gasteiger partial charge in [0.05, 0.1) is 5.56 Å². The van der Waals surface area contributed by atoms with Crippen molar-refractivity contribution in [3.8, 4) is 5.75 Å². The highest BCUT2D eigenvalue weighted by Gasteiger charge is 2.15. The van der Waals surface area contributed by atoms with Crippen molar-refractivity contribution in [2.75, 3.05) is 25.6 Å². The summed E-state index contributed by atoms with van der Waals surface area (Å²) in [6, 6.07) is 3.40. The maximum absolute atomic E-state index is 12.7. The van der Waals surface area contributed by atoms with E-state index in [0.29, 0.717) is 6.54 Å². The summed E-state index contributed by atoms with van der Waals surface area (Å²) in [5.74, 6) is -0.349. The van der Waals surface area contributed by atoms with Crippen molar-refractivity contribution in [1.82, 2.24) is 4.90 Å². The van der Waals surface area contributed by atoms with Crippen molar-refractivity contribution in [3.05, 3.63) is 29.6 Å². The molecule has 1 amide bonds. The standard InChI is InChI=1S/C11H14FNO2S/c1-13(5-6-16-2)11(15)9-4-3-8(12)7-10(9)14/h3-4,7,14H,5-6H2,1-2H3. The van der Waals surface area contributed by atoms with Crippen LogP contribution in [0.15, 0.2) is 18.2 Å². The van der Waals surface area contributed by atoms with Gasteiger partial charge in [0.2, 0.25) is 0 Å². The van der Waals surface area contributed by atoms with E-state index in [9.17, 15) is 14.3 Å². The van der Waals surface area contributed by atoms with Crippen molar-refractivity contribution in [2.45, 2.75) is 0 Å². The molecule has 0 aliphatic carbocycles. The number of hydrogen-bond donors (Lipinski definition) is 1. The number of rotatable bonds is 4. The van der Waals surface area contributed by atoms with Gasteiger partial charge in [-0.1, -0.05) is 0 Å². The van der Waals surface area contributed by atoms with E-state index in [2.05, 4.69) is 0 Å². The number of hydrogen-bond acceptors (Lipinski definition) is 3. The summed E-state index contributed by atoms with van der Waals surface area (Å²) in [6.45, 7) is 0.594. The van der Waals surface area contributed by atoms with Gasteiger partial charge in [-0.15, -0.1) is 0 Å². The summed E-state index contributed by atoms with van der Waals surface area (Å²) >= 11 is 1.63. The molecule has 0 radical (unpaired) electrons. The highest BCUT2D eigenvalue weighted by Crippen LogP contribution is 2.19. The zero-order chi connectivity index (χ0) is 12.1. The van der Waals surface area contributed by atoms with Crippen molar-refractivity contribution >= 4 is 17.7 Å². The average molecular weight is 243 g/mol. The minimum atomic E-state index is -0.555. The average Bonchev–Trinajstić information content (AvgIpc) is 2.25. The van der Waals surface area contributed by atoms with Crippen LogP contribution in [0.1, 0.15) is 10.4 Å². The second-order valence-corrected chi connectivity index (χ2v) is 4.37. The number of phenols is 1. The normalized spacial score (nSPS) is 10.2. The Balaban J connectivity index is 2.79. The van der Waals surface area contributed by atoms with E-state index in [4.69, 9.17) is 0 Å². The number of nitrogens with zero attached hydrogens (tertiary/aromatic N) is 1. The van der Waals surface area contributed by atoms with Crippen molar-refractivity contribution in [2.24, 2.45) is 0 Å². The largest absolute Gasteiger partial charge is 0.507 e. The van der Waals surface area contributed by atoms with Gasteiger partial charge in [0.25, 0.3) is 5.91 Å². The fraction of sp³-hybridized carbons (Fsp3) is 0.364. The Kier molecular flexibility index (Phi) is 4.61. The summed E-state index contributed by atoms with van der Waals surface area (Å²) in [6.07, 6.45) is 1.95. The maximum Gasteiger partial charge on any atom is 0.257 e. The van der Waals surface area contributed by atoms with Gasteiger partial charge < -0.3 is 10.0 Å². The van der Waals surface area contributed by atoms with Crippen LogP contribution in [0, 0.1) is 5.82 Å². The first-order chi connectivity index (χ1) is 7.56. The monoisotopic (exact) mass is 243 g/mol. The molecule has 0 spiro atoms. The Hall–Kier alpha value is -1.23. The van der Waals surface area contributed by atoms with Crippen LogP contribution >= 0.6 is 11.8 Å². The van der Waals surface area contributed by atoms with E-state index in [1.54, 1.807) is 18.8 Å². The van der Waals surface area contributed by atoms with Crippen LogP contribution in [-0.2, 0) is 0 Å². The summed E-state index contributed by atoms with van der Waals surface area (Å²) in [7, 11) is 1.65. The van der Waals surface area contributed by atoms with Crippen molar-refractivity contribution in [1.29, 1.82) is 0 Å². The highest BCUT2D eigenvalue weighted by atomic mass is 32.2. The zero-order valence-electron chi connectivity index (χ0n) is 9.24. The van der Waals surface area contributed by atoms with E-state index in [1.165, 1.54) is 11.0 Å². The minimum Gasteiger partial charge on any atom is -0.507 e. The first-order valence-electron chi connectivity index (χ1n) is 4.79. The van der Waals surface area contributed by atoms with E-state index in [0.717, 1.165) is 17.9 Å². The number of aromatic hydroxyl groups is 1. The van der Waals surface area contributed by atoms with E-state index < -0.39 is 5.82 Å². The fourth-order valence-corrected chi connectivity index (χ4v) is 1.68. The molecule has 0 heterocycles. The Morgan fingerprint density at radius 3 is 2.81 bits per heavy atom. The van der Waals surface area contributed by atoms with Gasteiger partial charge >= 0.3 is 0 Å². The number of phenolic OH excluding ortho intramolecular Hbond substituents is 1. The summed E-state index contributed by atoms with van der Waals surface area (Å²) in [5, 5.41) is 9.44. The molecule has 1 rings (SSSR count). The smallest absolute Gasteiger partial charge is 0.257 e. The Bertz CT molecular complexity index is 384. The van der Waals surface area contributed by atoms with Crippen LogP contribution < -0.4 is 0 Å². The quantitative estimate of drug-likeness (QED) is 0.879. The zero-order valence-corrected chi connectivity index (χ0v) is 10.1. The third-order valence-electron chi connectivity index (χ3n) is 2.17. The van der Waals surface area contributed by atoms with E-state index >= 15 is 0 Å². The van der Waals surface area contributed by atoms with Crippen molar-refractivity contribution in [3.63, 3.8) is 0 Å². The van der Waals surface area contributed by atoms with E-state index in [-0.39, 0.29) is 17.2 Å². The first-order valence-corrected chi connectivity index (χ1v) is 6.18. The third kappa shape index (κ3) is 3.13. The molecule has 1 N–H and O–H groups in total. The summed E-state index contributed by atoms with van der Waals surface area (Å²) < 4.78 is 12.7. The second kappa shape index (κ2) is 5.75. The third-order valence-corrected chi connectivity index (χ3v) is 2.76. The molecule has 5 heteroatoms. The molecule has 0 unspecified atom stereocenters. The number of benzene rings is 1. The molecular formula is C11H14FNO2S. The molecule has 0 saturated heterocycles. The van der Waals surface area contributed by atoms with Crippen LogP contribution in [-0.4, -0.2) is 41.5 Å². The van der Waals surface area contributed by atoms with Crippen molar-refractivity contribution < 1.29 is 14.3 Å². The molecule has 3 nitrogen and oxygen atoms in total. The summed E-state index contributed by atoms with van der Waals surface area (Å²) in [4.78, 5) is 13.3. The number of amides is 1. The molecule has 0 aromatic heterocycles. The predicted octanol–water partition coefficient (Wildman–Crippen LogP) is 1.97. The second-order valence-electron chi connectivity index (χ2n) is 3.38. The Morgan fingerprint density at radius 2 is 2.25 bits per heavy atom. The molecular weight excluding hydrogens is 229 g/mol. The molecule has 0 bridgehead atoms. The number of halogens is 1. The molecule has 0 fully saturated rings. The van der Waals surface area contributed by atoms with Gasteiger partial charge in [0.15, 0.2) is 0 Å². The van der Waals surface area contributed by atoms with Crippen LogP contribution in [0.5, 0.6) is 5.75 Å². The molecule has 0 saturated carbocycles. The Morgan fingerprint density at radius 1 is 1.56 bits per heavy atom. The Labute approximate surface area is 98.3 Å². The fourth-order valence-electron chi connectivity index (χ4n) is 1.22. The highest BCUT2D eigenvalue weighted by molar-refractivity contribution is 7.98. The van der Waals surface area contributed by atoms with Crippen LogP contribution in [0.2, 0.25) is 0 Å². The lowest BCUT2D eigenvalue weighted by Crippen LogP contribution is -2.28.